The first-order valence-electron chi connectivity index (χ1n) is 5.94. The fourth-order valence-corrected chi connectivity index (χ4v) is 4.05. The first-order valence-corrected chi connectivity index (χ1v) is 7.91. The standard InChI is InChI=1S/C12H14N4OS2/c1-6-10(19-7(2)13-6)12(17)14-11-8-4-18-5-9(8)15-16(11)3/h4-5H2,1-3H3,(H,14,17). The van der Waals surface area contributed by atoms with E-state index >= 15 is 0 Å². The summed E-state index contributed by atoms with van der Waals surface area (Å²) in [6.07, 6.45) is 0. The van der Waals surface area contributed by atoms with Crippen LogP contribution in [0.4, 0.5) is 5.82 Å². The fraction of sp³-hybridized carbons (Fsp3) is 0.417. The zero-order chi connectivity index (χ0) is 13.6. The highest BCUT2D eigenvalue weighted by Gasteiger charge is 2.24. The smallest absolute Gasteiger partial charge is 0.268 e. The lowest BCUT2D eigenvalue weighted by molar-refractivity contribution is 0.102. The lowest BCUT2D eigenvalue weighted by Gasteiger charge is -2.06. The second kappa shape index (κ2) is 4.64. The molecule has 2 aromatic heterocycles. The van der Waals surface area contributed by atoms with Gasteiger partial charge in [0, 0.05) is 24.1 Å². The Kier molecular flexibility index (Phi) is 3.10. The van der Waals surface area contributed by atoms with Crippen LogP contribution in [-0.2, 0) is 18.6 Å². The number of nitrogens with zero attached hydrogens (tertiary/aromatic N) is 3. The van der Waals surface area contributed by atoms with E-state index in [1.54, 1.807) is 4.68 Å². The van der Waals surface area contributed by atoms with Crippen LogP contribution < -0.4 is 5.32 Å². The minimum absolute atomic E-state index is 0.0919. The molecule has 0 radical (unpaired) electrons. The van der Waals surface area contributed by atoms with Gasteiger partial charge in [-0.15, -0.1) is 11.3 Å². The molecular weight excluding hydrogens is 280 g/mol. The number of fused-ring (bicyclic) bond motifs is 1. The number of hydrogen-bond donors (Lipinski definition) is 1. The quantitative estimate of drug-likeness (QED) is 0.924. The molecule has 2 aromatic rings. The van der Waals surface area contributed by atoms with E-state index in [0.717, 1.165) is 39.3 Å². The third-order valence-electron chi connectivity index (χ3n) is 3.06. The number of aryl methyl sites for hydroxylation is 3. The van der Waals surface area contributed by atoms with E-state index in [4.69, 9.17) is 0 Å². The van der Waals surface area contributed by atoms with Crippen molar-refractivity contribution in [3.05, 3.63) is 26.8 Å². The number of thioether (sulfide) groups is 1. The monoisotopic (exact) mass is 294 g/mol. The predicted molar refractivity (Wildman–Crippen MR) is 77.7 cm³/mol. The van der Waals surface area contributed by atoms with Crippen molar-refractivity contribution >= 4 is 34.8 Å². The molecule has 5 nitrogen and oxygen atoms in total. The van der Waals surface area contributed by atoms with E-state index in [1.807, 2.05) is 32.7 Å². The van der Waals surface area contributed by atoms with Gasteiger partial charge in [0.1, 0.15) is 10.7 Å². The third-order valence-corrected chi connectivity index (χ3v) is 5.10. The molecule has 0 spiro atoms. The molecule has 0 atom stereocenters. The topological polar surface area (TPSA) is 59.8 Å². The molecule has 7 heteroatoms. The summed E-state index contributed by atoms with van der Waals surface area (Å²) in [6, 6.07) is 0. The van der Waals surface area contributed by atoms with Crippen molar-refractivity contribution in [2.45, 2.75) is 25.4 Å². The molecule has 0 saturated heterocycles. The highest BCUT2D eigenvalue weighted by atomic mass is 32.2. The number of carbonyl (C=O) groups is 1. The summed E-state index contributed by atoms with van der Waals surface area (Å²) in [4.78, 5) is 17.3. The zero-order valence-electron chi connectivity index (χ0n) is 11.0. The van der Waals surface area contributed by atoms with E-state index in [0.29, 0.717) is 4.88 Å². The third kappa shape index (κ3) is 2.17. The van der Waals surface area contributed by atoms with Crippen molar-refractivity contribution in [2.75, 3.05) is 5.32 Å². The number of rotatable bonds is 2. The number of anilines is 1. The normalized spacial score (nSPS) is 13.6. The summed E-state index contributed by atoms with van der Waals surface area (Å²) < 4.78 is 1.76. The van der Waals surface area contributed by atoms with Crippen molar-refractivity contribution in [1.29, 1.82) is 0 Å². The first kappa shape index (κ1) is 12.7. The Labute approximate surface area is 119 Å². The Morgan fingerprint density at radius 2 is 2.16 bits per heavy atom. The molecule has 1 aliphatic rings. The van der Waals surface area contributed by atoms with Gasteiger partial charge in [0.05, 0.1) is 16.4 Å². The highest BCUT2D eigenvalue weighted by molar-refractivity contribution is 7.98. The Morgan fingerprint density at radius 1 is 1.37 bits per heavy atom. The number of thiazole rings is 1. The Bertz CT molecular complexity index is 659. The Morgan fingerprint density at radius 3 is 2.84 bits per heavy atom. The van der Waals surface area contributed by atoms with Gasteiger partial charge in [-0.05, 0) is 13.8 Å². The maximum Gasteiger partial charge on any atom is 0.268 e. The summed E-state index contributed by atoms with van der Waals surface area (Å²) in [5, 5.41) is 8.32. The number of aromatic nitrogens is 3. The molecule has 0 fully saturated rings. The van der Waals surface area contributed by atoms with Crippen molar-refractivity contribution < 1.29 is 4.79 Å². The molecule has 0 aromatic carbocycles. The Hall–Kier alpha value is -1.34. The van der Waals surface area contributed by atoms with Gasteiger partial charge in [-0.2, -0.15) is 16.9 Å². The van der Waals surface area contributed by atoms with Crippen LogP contribution in [0.2, 0.25) is 0 Å². The van der Waals surface area contributed by atoms with E-state index in [9.17, 15) is 4.79 Å². The van der Waals surface area contributed by atoms with Gasteiger partial charge in [0.25, 0.3) is 5.91 Å². The highest BCUT2D eigenvalue weighted by Crippen LogP contribution is 2.34. The number of nitrogens with one attached hydrogen (secondary N) is 1. The van der Waals surface area contributed by atoms with Crippen LogP contribution in [0.25, 0.3) is 0 Å². The van der Waals surface area contributed by atoms with Crippen molar-refractivity contribution in [3.63, 3.8) is 0 Å². The molecule has 0 bridgehead atoms. The van der Waals surface area contributed by atoms with E-state index < -0.39 is 0 Å². The van der Waals surface area contributed by atoms with Gasteiger partial charge in [-0.3, -0.25) is 9.48 Å². The average molecular weight is 294 g/mol. The molecule has 100 valence electrons. The molecule has 3 rings (SSSR count). The molecule has 0 saturated carbocycles. The van der Waals surface area contributed by atoms with Gasteiger partial charge in [-0.1, -0.05) is 0 Å². The lowest BCUT2D eigenvalue weighted by Crippen LogP contribution is -2.15. The SMILES string of the molecule is Cc1nc(C)c(C(=O)Nc2c3c(nn2C)CSC3)s1. The van der Waals surface area contributed by atoms with Crippen LogP contribution in [0, 0.1) is 13.8 Å². The first-order chi connectivity index (χ1) is 9.06. The zero-order valence-corrected chi connectivity index (χ0v) is 12.6. The molecular formula is C12H14N4OS2. The fourth-order valence-electron chi connectivity index (χ4n) is 2.20. The summed E-state index contributed by atoms with van der Waals surface area (Å²) >= 11 is 3.25. The van der Waals surface area contributed by atoms with Gasteiger partial charge in [-0.25, -0.2) is 4.98 Å². The van der Waals surface area contributed by atoms with Gasteiger partial charge in [0.15, 0.2) is 0 Å². The second-order valence-corrected chi connectivity index (χ2v) is 6.68. The average Bonchev–Trinajstić information content (AvgIpc) is 2.98. The van der Waals surface area contributed by atoms with Crippen molar-refractivity contribution in [1.82, 2.24) is 14.8 Å². The number of hydrogen-bond acceptors (Lipinski definition) is 5. The van der Waals surface area contributed by atoms with Crippen LogP contribution in [0.15, 0.2) is 0 Å². The maximum absolute atomic E-state index is 12.3. The van der Waals surface area contributed by atoms with Crippen LogP contribution >= 0.6 is 23.1 Å². The number of carbonyl (C=O) groups excluding carboxylic acids is 1. The van der Waals surface area contributed by atoms with Crippen molar-refractivity contribution in [3.8, 4) is 0 Å². The van der Waals surface area contributed by atoms with Gasteiger partial charge in [0.2, 0.25) is 0 Å². The van der Waals surface area contributed by atoms with E-state index in [-0.39, 0.29) is 5.91 Å². The van der Waals surface area contributed by atoms with E-state index in [1.165, 1.54) is 11.3 Å². The second-order valence-electron chi connectivity index (χ2n) is 4.49. The molecule has 19 heavy (non-hydrogen) atoms. The minimum atomic E-state index is -0.0919. The summed E-state index contributed by atoms with van der Waals surface area (Å²) in [7, 11) is 1.86. The molecule has 1 N–H and O–H groups in total. The largest absolute Gasteiger partial charge is 0.306 e. The van der Waals surface area contributed by atoms with Gasteiger partial charge >= 0.3 is 0 Å². The van der Waals surface area contributed by atoms with Crippen molar-refractivity contribution in [2.24, 2.45) is 7.05 Å². The van der Waals surface area contributed by atoms with Crippen LogP contribution in [0.3, 0.4) is 0 Å². The summed E-state index contributed by atoms with van der Waals surface area (Å²) in [5.74, 6) is 2.57. The predicted octanol–water partition coefficient (Wildman–Crippen LogP) is 2.49. The minimum Gasteiger partial charge on any atom is -0.306 e. The summed E-state index contributed by atoms with van der Waals surface area (Å²) in [5.41, 5.74) is 3.02. The van der Waals surface area contributed by atoms with Crippen LogP contribution in [-0.4, -0.2) is 20.7 Å². The van der Waals surface area contributed by atoms with Crippen LogP contribution in [0.1, 0.15) is 31.6 Å². The molecule has 0 unspecified atom stereocenters. The molecule has 1 aliphatic heterocycles. The lowest BCUT2D eigenvalue weighted by atomic mass is 10.2. The number of amides is 1. The molecule has 0 aliphatic carbocycles. The summed E-state index contributed by atoms with van der Waals surface area (Å²) in [6.45, 7) is 3.77. The van der Waals surface area contributed by atoms with Crippen LogP contribution in [0.5, 0.6) is 0 Å². The Balaban J connectivity index is 1.90. The maximum atomic E-state index is 12.3. The van der Waals surface area contributed by atoms with E-state index in [2.05, 4.69) is 15.4 Å². The van der Waals surface area contributed by atoms with Gasteiger partial charge < -0.3 is 5.32 Å². The molecule has 3 heterocycles. The molecule has 1 amide bonds.